The number of anilines is 1. The van der Waals surface area contributed by atoms with Crippen LogP contribution in [0.5, 0.6) is 0 Å². The Morgan fingerprint density at radius 3 is 3.05 bits per heavy atom. The first kappa shape index (κ1) is 15.0. The molecule has 0 unspecified atom stereocenters. The molecule has 2 amide bonds. The Hall–Kier alpha value is -1.89. The van der Waals surface area contributed by atoms with Gasteiger partial charge in [0.15, 0.2) is 5.76 Å². The van der Waals surface area contributed by atoms with E-state index in [0.717, 1.165) is 42.2 Å². The minimum Gasteiger partial charge on any atom is -0.359 e. The minimum absolute atomic E-state index is 0.0650. The normalized spacial score (nSPS) is 18.0. The first-order valence-corrected chi connectivity index (χ1v) is 8.43. The molecule has 3 heterocycles. The molecule has 6 nitrogen and oxygen atoms in total. The summed E-state index contributed by atoms with van der Waals surface area (Å²) in [6.07, 6.45) is 2.68. The number of thiazole rings is 1. The number of rotatable bonds is 3. The molecule has 1 atom stereocenters. The fraction of sp³-hybridized carbons (Fsp3) is 0.533. The van der Waals surface area contributed by atoms with E-state index in [2.05, 4.69) is 15.5 Å². The van der Waals surface area contributed by atoms with Gasteiger partial charge in [0.1, 0.15) is 11.4 Å². The van der Waals surface area contributed by atoms with Gasteiger partial charge in [-0.15, -0.1) is 11.3 Å². The predicted molar refractivity (Wildman–Crippen MR) is 85.2 cm³/mol. The van der Waals surface area contributed by atoms with Crippen molar-refractivity contribution in [2.45, 2.75) is 46.1 Å². The monoisotopic (exact) mass is 320 g/mol. The topological polar surface area (TPSA) is 71.3 Å². The third-order valence-electron chi connectivity index (χ3n) is 3.99. The van der Waals surface area contributed by atoms with Crippen LogP contribution in [0.15, 0.2) is 9.90 Å². The summed E-state index contributed by atoms with van der Waals surface area (Å²) in [6, 6.07) is -0.0376. The molecule has 1 fully saturated rings. The molecule has 0 aromatic carbocycles. The van der Waals surface area contributed by atoms with Crippen LogP contribution in [0, 0.1) is 13.8 Å². The van der Waals surface area contributed by atoms with Gasteiger partial charge in [-0.25, -0.2) is 9.78 Å². The lowest BCUT2D eigenvalue weighted by Crippen LogP contribution is -2.34. The molecule has 1 aliphatic rings. The quantitative estimate of drug-likeness (QED) is 0.936. The number of aromatic nitrogens is 2. The molecule has 2 aromatic rings. The summed E-state index contributed by atoms with van der Waals surface area (Å²) in [7, 11) is 0. The molecule has 1 saturated heterocycles. The van der Waals surface area contributed by atoms with Crippen molar-refractivity contribution in [2.75, 3.05) is 11.9 Å². The first-order valence-electron chi connectivity index (χ1n) is 7.55. The fourth-order valence-corrected chi connectivity index (χ4v) is 3.51. The number of likely N-dealkylation sites (tertiary alicyclic amines) is 1. The van der Waals surface area contributed by atoms with E-state index in [0.29, 0.717) is 11.4 Å². The van der Waals surface area contributed by atoms with Gasteiger partial charge in [0.2, 0.25) is 0 Å². The van der Waals surface area contributed by atoms with Crippen molar-refractivity contribution < 1.29 is 9.32 Å². The van der Waals surface area contributed by atoms with Crippen LogP contribution < -0.4 is 5.32 Å². The second-order valence-corrected chi connectivity index (χ2v) is 6.55. The highest BCUT2D eigenvalue weighted by Gasteiger charge is 2.32. The molecular weight excluding hydrogens is 300 g/mol. The summed E-state index contributed by atoms with van der Waals surface area (Å²) in [4.78, 5) is 19.0. The highest BCUT2D eigenvalue weighted by Crippen LogP contribution is 2.33. The summed E-state index contributed by atoms with van der Waals surface area (Å²) >= 11 is 1.62. The molecule has 3 rings (SSSR count). The number of carbonyl (C=O) groups excluding carboxylic acids is 1. The van der Waals surface area contributed by atoms with Crippen molar-refractivity contribution >= 4 is 23.1 Å². The predicted octanol–water partition coefficient (Wildman–Crippen LogP) is 3.68. The van der Waals surface area contributed by atoms with Gasteiger partial charge in [0, 0.05) is 11.9 Å². The van der Waals surface area contributed by atoms with Crippen LogP contribution in [-0.4, -0.2) is 27.6 Å². The molecule has 0 saturated carbocycles. The van der Waals surface area contributed by atoms with Crippen molar-refractivity contribution in [3.63, 3.8) is 0 Å². The van der Waals surface area contributed by atoms with Gasteiger partial charge in [0.25, 0.3) is 0 Å². The summed E-state index contributed by atoms with van der Waals surface area (Å²) in [6.45, 7) is 6.54. The SMILES string of the molecule is CCc1noc(C)c1NC(=O)N1CCC[C@@H]1c1csc(C)n1. The number of carbonyl (C=O) groups is 1. The molecule has 0 radical (unpaired) electrons. The summed E-state index contributed by atoms with van der Waals surface area (Å²) in [5.41, 5.74) is 2.48. The molecule has 22 heavy (non-hydrogen) atoms. The molecule has 0 spiro atoms. The van der Waals surface area contributed by atoms with Crippen LogP contribution in [0.2, 0.25) is 0 Å². The van der Waals surface area contributed by atoms with Crippen LogP contribution in [0.3, 0.4) is 0 Å². The number of hydrogen-bond donors (Lipinski definition) is 1. The highest BCUT2D eigenvalue weighted by molar-refractivity contribution is 7.09. The van der Waals surface area contributed by atoms with Gasteiger partial charge in [-0.2, -0.15) is 0 Å². The van der Waals surface area contributed by atoms with Gasteiger partial charge >= 0.3 is 6.03 Å². The third kappa shape index (κ3) is 2.72. The number of amides is 2. The van der Waals surface area contributed by atoms with Crippen molar-refractivity contribution in [1.82, 2.24) is 15.0 Å². The largest absolute Gasteiger partial charge is 0.359 e. The van der Waals surface area contributed by atoms with Gasteiger partial charge in [-0.3, -0.25) is 0 Å². The molecule has 1 N–H and O–H groups in total. The Morgan fingerprint density at radius 2 is 2.36 bits per heavy atom. The van der Waals surface area contributed by atoms with Gasteiger partial charge in [-0.1, -0.05) is 12.1 Å². The Labute approximate surface area is 133 Å². The zero-order chi connectivity index (χ0) is 15.7. The van der Waals surface area contributed by atoms with Crippen LogP contribution in [0.4, 0.5) is 10.5 Å². The van der Waals surface area contributed by atoms with Crippen molar-refractivity contribution in [3.05, 3.63) is 27.5 Å². The number of urea groups is 1. The molecule has 0 bridgehead atoms. The Balaban J connectivity index is 1.78. The van der Waals surface area contributed by atoms with E-state index in [1.54, 1.807) is 11.3 Å². The second kappa shape index (κ2) is 6.08. The van der Waals surface area contributed by atoms with E-state index in [1.165, 1.54) is 0 Å². The number of aryl methyl sites for hydroxylation is 3. The standard InChI is InChI=1S/C15H20N4O2S/c1-4-11-14(9(2)21-18-11)17-15(20)19-7-5-6-13(19)12-8-22-10(3)16-12/h8,13H,4-7H2,1-3H3,(H,17,20)/t13-/m1/s1. The summed E-state index contributed by atoms with van der Waals surface area (Å²) in [5.74, 6) is 0.644. The average molecular weight is 320 g/mol. The van der Waals surface area contributed by atoms with Gasteiger partial charge in [-0.05, 0) is 33.1 Å². The number of hydrogen-bond acceptors (Lipinski definition) is 5. The summed E-state index contributed by atoms with van der Waals surface area (Å²) in [5, 5.41) is 10.0. The lowest BCUT2D eigenvalue weighted by atomic mass is 10.2. The molecule has 7 heteroatoms. The van der Waals surface area contributed by atoms with Crippen molar-refractivity contribution in [1.29, 1.82) is 0 Å². The van der Waals surface area contributed by atoms with Crippen LogP contribution in [-0.2, 0) is 6.42 Å². The minimum atomic E-state index is -0.103. The van der Waals surface area contributed by atoms with E-state index in [9.17, 15) is 4.79 Å². The van der Waals surface area contributed by atoms with Crippen LogP contribution in [0.25, 0.3) is 0 Å². The van der Waals surface area contributed by atoms with Crippen LogP contribution >= 0.6 is 11.3 Å². The molecule has 118 valence electrons. The maximum atomic E-state index is 12.6. The summed E-state index contributed by atoms with van der Waals surface area (Å²) < 4.78 is 5.17. The fourth-order valence-electron chi connectivity index (χ4n) is 2.85. The van der Waals surface area contributed by atoms with E-state index >= 15 is 0 Å². The second-order valence-electron chi connectivity index (χ2n) is 5.49. The van der Waals surface area contributed by atoms with Gasteiger partial charge in [0.05, 0.1) is 16.7 Å². The molecule has 0 aliphatic carbocycles. The lowest BCUT2D eigenvalue weighted by Gasteiger charge is -2.23. The van der Waals surface area contributed by atoms with Gasteiger partial charge < -0.3 is 14.7 Å². The van der Waals surface area contributed by atoms with Crippen molar-refractivity contribution in [2.24, 2.45) is 0 Å². The molecule has 2 aromatic heterocycles. The number of nitrogens with zero attached hydrogens (tertiary/aromatic N) is 3. The van der Waals surface area contributed by atoms with E-state index in [-0.39, 0.29) is 12.1 Å². The highest BCUT2D eigenvalue weighted by atomic mass is 32.1. The Kier molecular flexibility index (Phi) is 4.15. The Morgan fingerprint density at radius 1 is 1.55 bits per heavy atom. The van der Waals surface area contributed by atoms with E-state index < -0.39 is 0 Å². The maximum Gasteiger partial charge on any atom is 0.322 e. The smallest absolute Gasteiger partial charge is 0.322 e. The van der Waals surface area contributed by atoms with E-state index in [4.69, 9.17) is 4.52 Å². The maximum absolute atomic E-state index is 12.6. The zero-order valence-corrected chi connectivity index (χ0v) is 13.9. The lowest BCUT2D eigenvalue weighted by molar-refractivity contribution is 0.206. The molecular formula is C15H20N4O2S. The first-order chi connectivity index (χ1) is 10.6. The third-order valence-corrected chi connectivity index (χ3v) is 4.78. The Bertz CT molecular complexity index is 679. The van der Waals surface area contributed by atoms with Crippen molar-refractivity contribution in [3.8, 4) is 0 Å². The molecule has 1 aliphatic heterocycles. The zero-order valence-electron chi connectivity index (χ0n) is 13.0. The average Bonchev–Trinajstić information content (AvgIpc) is 3.20. The van der Waals surface area contributed by atoms with Crippen LogP contribution in [0.1, 0.15) is 48.0 Å². The van der Waals surface area contributed by atoms with E-state index in [1.807, 2.05) is 31.1 Å². The number of nitrogens with one attached hydrogen (secondary N) is 1.